The molecule has 90 valence electrons. The van der Waals surface area contributed by atoms with Gasteiger partial charge >= 0.3 is 0 Å². The second kappa shape index (κ2) is 5.27. The van der Waals surface area contributed by atoms with Gasteiger partial charge in [-0.3, -0.25) is 0 Å². The monoisotopic (exact) mass is 247 g/mol. The number of nitrogens with zero attached hydrogens (tertiary/aromatic N) is 2. The number of nitrogens with one attached hydrogen (secondary N) is 1. The fourth-order valence-corrected chi connectivity index (χ4v) is 2.18. The summed E-state index contributed by atoms with van der Waals surface area (Å²) in [5.74, 6) is 0.906. The lowest BCUT2D eigenvalue weighted by atomic mass is 10.3. The molecule has 2 aromatic rings. The Balaban J connectivity index is 2.24. The SMILES string of the molecule is CCn1cc(C)nc1Nc1cccc(SC)c1. The second-order valence-electron chi connectivity index (χ2n) is 3.85. The molecule has 0 spiro atoms. The molecule has 0 saturated heterocycles. The second-order valence-corrected chi connectivity index (χ2v) is 4.73. The van der Waals surface area contributed by atoms with Crippen LogP contribution >= 0.6 is 11.8 Å². The Kier molecular flexibility index (Phi) is 3.74. The number of benzene rings is 1. The summed E-state index contributed by atoms with van der Waals surface area (Å²) in [6.07, 6.45) is 4.14. The van der Waals surface area contributed by atoms with Crippen LogP contribution in [0.1, 0.15) is 12.6 Å². The van der Waals surface area contributed by atoms with Gasteiger partial charge in [0, 0.05) is 23.3 Å². The van der Waals surface area contributed by atoms with E-state index >= 15 is 0 Å². The molecule has 1 aromatic heterocycles. The van der Waals surface area contributed by atoms with E-state index in [-0.39, 0.29) is 0 Å². The van der Waals surface area contributed by atoms with Crippen LogP contribution in [-0.2, 0) is 6.54 Å². The predicted octanol–water partition coefficient (Wildman–Crippen LogP) is 3.68. The first-order valence-electron chi connectivity index (χ1n) is 5.67. The molecule has 0 aliphatic carbocycles. The van der Waals surface area contributed by atoms with Crippen molar-refractivity contribution in [3.8, 4) is 0 Å². The molecule has 2 rings (SSSR count). The lowest BCUT2D eigenvalue weighted by Gasteiger charge is -2.08. The van der Waals surface area contributed by atoms with Crippen molar-refractivity contribution in [2.24, 2.45) is 0 Å². The molecule has 4 heteroatoms. The minimum Gasteiger partial charge on any atom is -0.326 e. The maximum Gasteiger partial charge on any atom is 0.207 e. The van der Waals surface area contributed by atoms with E-state index in [1.807, 2.05) is 6.92 Å². The van der Waals surface area contributed by atoms with Crippen molar-refractivity contribution in [3.05, 3.63) is 36.2 Å². The molecule has 1 N–H and O–H groups in total. The molecule has 3 nitrogen and oxygen atoms in total. The normalized spacial score (nSPS) is 10.5. The standard InChI is InChI=1S/C13H17N3S/c1-4-16-9-10(2)14-13(16)15-11-6-5-7-12(8-11)17-3/h5-9H,4H2,1-3H3,(H,14,15). The van der Waals surface area contributed by atoms with Crippen LogP contribution in [0.2, 0.25) is 0 Å². The molecule has 1 heterocycles. The van der Waals surface area contributed by atoms with Gasteiger partial charge in [-0.25, -0.2) is 4.98 Å². The first kappa shape index (κ1) is 12.0. The summed E-state index contributed by atoms with van der Waals surface area (Å²) < 4.78 is 2.11. The molecule has 0 aliphatic rings. The third-order valence-corrected chi connectivity index (χ3v) is 3.29. The van der Waals surface area contributed by atoms with Crippen molar-refractivity contribution in [3.63, 3.8) is 0 Å². The van der Waals surface area contributed by atoms with Crippen LogP contribution < -0.4 is 5.32 Å². The van der Waals surface area contributed by atoms with Crippen LogP contribution in [0.15, 0.2) is 35.4 Å². The van der Waals surface area contributed by atoms with E-state index in [4.69, 9.17) is 0 Å². The van der Waals surface area contributed by atoms with Crippen molar-refractivity contribution in [1.29, 1.82) is 0 Å². The molecular weight excluding hydrogens is 230 g/mol. The van der Waals surface area contributed by atoms with Crippen molar-refractivity contribution < 1.29 is 0 Å². The van der Waals surface area contributed by atoms with Gasteiger partial charge in [0.1, 0.15) is 0 Å². The number of rotatable bonds is 4. The third-order valence-electron chi connectivity index (χ3n) is 2.56. The predicted molar refractivity (Wildman–Crippen MR) is 74.1 cm³/mol. The maximum atomic E-state index is 4.48. The van der Waals surface area contributed by atoms with Gasteiger partial charge in [-0.2, -0.15) is 0 Å². The molecule has 0 amide bonds. The van der Waals surface area contributed by atoms with Crippen molar-refractivity contribution in [2.75, 3.05) is 11.6 Å². The van der Waals surface area contributed by atoms with Gasteiger partial charge in [0.25, 0.3) is 0 Å². The number of hydrogen-bond acceptors (Lipinski definition) is 3. The number of thioether (sulfide) groups is 1. The molecule has 17 heavy (non-hydrogen) atoms. The highest BCUT2D eigenvalue weighted by molar-refractivity contribution is 7.98. The van der Waals surface area contributed by atoms with Crippen molar-refractivity contribution in [2.45, 2.75) is 25.3 Å². The number of hydrogen-bond donors (Lipinski definition) is 1. The van der Waals surface area contributed by atoms with E-state index in [9.17, 15) is 0 Å². The minimum absolute atomic E-state index is 0.906. The van der Waals surface area contributed by atoms with E-state index in [1.54, 1.807) is 11.8 Å². The highest BCUT2D eigenvalue weighted by Gasteiger charge is 2.04. The zero-order valence-corrected chi connectivity index (χ0v) is 11.2. The molecule has 0 saturated carbocycles. The molecular formula is C13H17N3S. The van der Waals surface area contributed by atoms with Crippen molar-refractivity contribution in [1.82, 2.24) is 9.55 Å². The summed E-state index contributed by atoms with van der Waals surface area (Å²) in [5.41, 5.74) is 2.12. The lowest BCUT2D eigenvalue weighted by molar-refractivity contribution is 0.771. The summed E-state index contributed by atoms with van der Waals surface area (Å²) in [5, 5.41) is 3.36. The molecule has 0 radical (unpaired) electrons. The number of aryl methyl sites for hydroxylation is 2. The Labute approximate surface area is 106 Å². The summed E-state index contributed by atoms with van der Waals surface area (Å²) >= 11 is 1.74. The van der Waals surface area contributed by atoms with Crippen LogP contribution in [0, 0.1) is 6.92 Å². The average Bonchev–Trinajstić information content (AvgIpc) is 2.69. The van der Waals surface area contributed by atoms with E-state index < -0.39 is 0 Å². The largest absolute Gasteiger partial charge is 0.326 e. The Hall–Kier alpha value is -1.42. The number of imidazole rings is 1. The summed E-state index contributed by atoms with van der Waals surface area (Å²) in [6, 6.07) is 8.35. The molecule has 0 bridgehead atoms. The van der Waals surface area contributed by atoms with Crippen LogP contribution in [0.5, 0.6) is 0 Å². The zero-order valence-electron chi connectivity index (χ0n) is 10.4. The maximum absolute atomic E-state index is 4.48. The quantitative estimate of drug-likeness (QED) is 0.836. The molecule has 0 aliphatic heterocycles. The van der Waals surface area contributed by atoms with E-state index in [0.29, 0.717) is 0 Å². The highest BCUT2D eigenvalue weighted by Crippen LogP contribution is 2.22. The Morgan fingerprint density at radius 3 is 2.94 bits per heavy atom. The minimum atomic E-state index is 0.906. The first-order valence-corrected chi connectivity index (χ1v) is 6.90. The Morgan fingerprint density at radius 2 is 2.24 bits per heavy atom. The molecule has 0 atom stereocenters. The van der Waals surface area contributed by atoms with Crippen LogP contribution in [0.25, 0.3) is 0 Å². The smallest absolute Gasteiger partial charge is 0.207 e. The number of aromatic nitrogens is 2. The average molecular weight is 247 g/mol. The van der Waals surface area contributed by atoms with Gasteiger partial charge < -0.3 is 9.88 Å². The first-order chi connectivity index (χ1) is 8.22. The molecule has 0 fully saturated rings. The van der Waals surface area contributed by atoms with Gasteiger partial charge in [0.05, 0.1) is 5.69 Å². The zero-order chi connectivity index (χ0) is 12.3. The fourth-order valence-electron chi connectivity index (χ4n) is 1.72. The van der Waals surface area contributed by atoms with Crippen LogP contribution in [-0.4, -0.2) is 15.8 Å². The summed E-state index contributed by atoms with van der Waals surface area (Å²) in [4.78, 5) is 5.73. The topological polar surface area (TPSA) is 29.9 Å². The van der Waals surface area contributed by atoms with E-state index in [2.05, 4.69) is 58.5 Å². The number of anilines is 2. The van der Waals surface area contributed by atoms with Crippen LogP contribution in [0.4, 0.5) is 11.6 Å². The highest BCUT2D eigenvalue weighted by atomic mass is 32.2. The Morgan fingerprint density at radius 1 is 1.41 bits per heavy atom. The molecule has 0 unspecified atom stereocenters. The third kappa shape index (κ3) is 2.82. The fraction of sp³-hybridized carbons (Fsp3) is 0.308. The van der Waals surface area contributed by atoms with E-state index in [1.165, 1.54) is 4.90 Å². The summed E-state index contributed by atoms with van der Waals surface area (Å²) in [6.45, 7) is 5.05. The lowest BCUT2D eigenvalue weighted by Crippen LogP contribution is -2.01. The van der Waals surface area contributed by atoms with Gasteiger partial charge in [-0.05, 0) is 38.3 Å². The van der Waals surface area contributed by atoms with E-state index in [0.717, 1.165) is 23.9 Å². The van der Waals surface area contributed by atoms with Crippen LogP contribution in [0.3, 0.4) is 0 Å². The van der Waals surface area contributed by atoms with Gasteiger partial charge in [0.15, 0.2) is 0 Å². The van der Waals surface area contributed by atoms with Crippen molar-refractivity contribution >= 4 is 23.4 Å². The molecule has 1 aromatic carbocycles. The van der Waals surface area contributed by atoms with Gasteiger partial charge in [-0.1, -0.05) is 6.07 Å². The van der Waals surface area contributed by atoms with Gasteiger partial charge in [0.2, 0.25) is 5.95 Å². The summed E-state index contributed by atoms with van der Waals surface area (Å²) in [7, 11) is 0. The van der Waals surface area contributed by atoms with Gasteiger partial charge in [-0.15, -0.1) is 11.8 Å². The Bertz CT molecular complexity index is 505.